The quantitative estimate of drug-likeness (QED) is 0.393. The third-order valence-corrected chi connectivity index (χ3v) is 7.32. The molecule has 9 nitrogen and oxygen atoms in total. The van der Waals surface area contributed by atoms with E-state index in [9.17, 15) is 28.4 Å². The second-order valence-corrected chi connectivity index (χ2v) is 10.9. The molecule has 0 bridgehead atoms. The maximum Gasteiger partial charge on any atom is 0.307 e. The van der Waals surface area contributed by atoms with Gasteiger partial charge in [0, 0.05) is 16.7 Å². The van der Waals surface area contributed by atoms with Crippen molar-refractivity contribution in [3.63, 3.8) is 0 Å². The molecule has 41 heavy (non-hydrogen) atoms. The Balaban J connectivity index is 1.56. The summed E-state index contributed by atoms with van der Waals surface area (Å²) in [4.78, 5) is 40.2. The number of halogens is 3. The van der Waals surface area contributed by atoms with Crippen LogP contribution in [0.3, 0.4) is 0 Å². The van der Waals surface area contributed by atoms with Gasteiger partial charge in [0.1, 0.15) is 6.04 Å². The molecule has 3 aromatic rings. The van der Waals surface area contributed by atoms with Crippen LogP contribution in [-0.4, -0.2) is 39.0 Å². The van der Waals surface area contributed by atoms with Crippen molar-refractivity contribution in [1.82, 2.24) is 20.4 Å². The first-order chi connectivity index (χ1) is 19.3. The standard InChI is InChI=1S/C29H28ClF2N5O4/c1-15-10-23(27(39)36-35-15)41-25-20(31)12-18(13-21(25)32)26(38)34-16(2)28(40)37-22(17-6-5-7-19(30)11-17)8-9-24(37)29(3,4)14-33/h5-7,10-13,16,22,24H,8-9H2,1-4H3,(H,34,38)(H,36,39)/t16-,22+,24?/m1/s1. The molecule has 12 heteroatoms. The molecule has 2 heterocycles. The number of nitriles is 1. The van der Waals surface area contributed by atoms with Crippen molar-refractivity contribution in [2.75, 3.05) is 0 Å². The van der Waals surface area contributed by atoms with Crippen LogP contribution in [0.5, 0.6) is 11.5 Å². The number of H-pyrrole nitrogens is 1. The highest BCUT2D eigenvalue weighted by atomic mass is 35.5. The van der Waals surface area contributed by atoms with E-state index in [4.69, 9.17) is 16.3 Å². The summed E-state index contributed by atoms with van der Waals surface area (Å²) in [5, 5.41) is 18.6. The minimum absolute atomic E-state index is 0.353. The van der Waals surface area contributed by atoms with E-state index in [2.05, 4.69) is 21.6 Å². The van der Waals surface area contributed by atoms with Gasteiger partial charge in [0.2, 0.25) is 5.91 Å². The van der Waals surface area contributed by atoms with E-state index < -0.39 is 57.8 Å². The van der Waals surface area contributed by atoms with Crippen molar-refractivity contribution in [1.29, 1.82) is 5.26 Å². The molecule has 1 aliphatic heterocycles. The normalized spacial score (nSPS) is 17.6. The predicted octanol–water partition coefficient (Wildman–Crippen LogP) is 5.20. The van der Waals surface area contributed by atoms with Gasteiger partial charge in [-0.05, 0) is 70.4 Å². The molecule has 2 N–H and O–H groups in total. The molecule has 3 atom stereocenters. The van der Waals surface area contributed by atoms with Gasteiger partial charge in [0.25, 0.3) is 5.91 Å². The Bertz CT molecular complexity index is 1580. The van der Waals surface area contributed by atoms with Crippen LogP contribution in [-0.2, 0) is 4.79 Å². The fourth-order valence-electron chi connectivity index (χ4n) is 4.96. The zero-order chi connectivity index (χ0) is 30.1. The fourth-order valence-corrected chi connectivity index (χ4v) is 5.16. The summed E-state index contributed by atoms with van der Waals surface area (Å²) in [5.74, 6) is -5.05. The van der Waals surface area contributed by atoms with Crippen LogP contribution in [0.25, 0.3) is 0 Å². The van der Waals surface area contributed by atoms with Gasteiger partial charge in [-0.2, -0.15) is 10.4 Å². The van der Waals surface area contributed by atoms with Gasteiger partial charge in [0.15, 0.2) is 23.1 Å². The topological polar surface area (TPSA) is 128 Å². The summed E-state index contributed by atoms with van der Waals surface area (Å²) >= 11 is 6.20. The molecule has 214 valence electrons. The minimum Gasteiger partial charge on any atom is -0.445 e. The molecule has 1 aliphatic rings. The molecule has 0 spiro atoms. The molecule has 4 rings (SSSR count). The molecule has 2 amide bonds. The van der Waals surface area contributed by atoms with Crippen molar-refractivity contribution < 1.29 is 23.1 Å². The average Bonchev–Trinajstić information content (AvgIpc) is 3.38. The molecular formula is C29H28ClF2N5O4. The van der Waals surface area contributed by atoms with Crippen molar-refractivity contribution in [2.24, 2.45) is 5.41 Å². The zero-order valence-electron chi connectivity index (χ0n) is 22.8. The van der Waals surface area contributed by atoms with Crippen LogP contribution in [0.15, 0.2) is 47.3 Å². The van der Waals surface area contributed by atoms with Crippen molar-refractivity contribution >= 4 is 23.4 Å². The lowest BCUT2D eigenvalue weighted by Crippen LogP contribution is -2.52. The van der Waals surface area contributed by atoms with Gasteiger partial charge >= 0.3 is 5.56 Å². The summed E-state index contributed by atoms with van der Waals surface area (Å²) < 4.78 is 34.8. The number of hydrogen-bond acceptors (Lipinski definition) is 6. The number of nitrogens with zero attached hydrogens (tertiary/aromatic N) is 3. The number of aromatic amines is 1. The summed E-state index contributed by atoms with van der Waals surface area (Å²) in [6.45, 7) is 6.51. The first kappa shape index (κ1) is 29.7. The number of aryl methyl sites for hydroxylation is 1. The van der Waals surface area contributed by atoms with Gasteiger partial charge in [-0.15, -0.1) is 0 Å². The van der Waals surface area contributed by atoms with Crippen molar-refractivity contribution in [2.45, 2.75) is 58.7 Å². The second-order valence-electron chi connectivity index (χ2n) is 10.5. The zero-order valence-corrected chi connectivity index (χ0v) is 23.6. The largest absolute Gasteiger partial charge is 0.445 e. The highest BCUT2D eigenvalue weighted by molar-refractivity contribution is 6.30. The molecule has 0 aliphatic carbocycles. The van der Waals surface area contributed by atoms with Crippen molar-refractivity contribution in [3.8, 4) is 17.6 Å². The Morgan fingerprint density at radius 1 is 1.22 bits per heavy atom. The van der Waals surface area contributed by atoms with E-state index in [1.807, 2.05) is 6.07 Å². The first-order valence-corrected chi connectivity index (χ1v) is 13.2. The third kappa shape index (κ3) is 6.23. The second kappa shape index (κ2) is 11.7. The number of hydrogen-bond donors (Lipinski definition) is 2. The number of ether oxygens (including phenoxy) is 1. The number of benzene rings is 2. The molecule has 1 saturated heterocycles. The van der Waals surface area contributed by atoms with E-state index >= 15 is 0 Å². The predicted molar refractivity (Wildman–Crippen MR) is 146 cm³/mol. The summed E-state index contributed by atoms with van der Waals surface area (Å²) in [6.07, 6.45) is 1.14. The fraction of sp³-hybridized carbons (Fsp3) is 0.345. The van der Waals surface area contributed by atoms with Crippen LogP contribution < -0.4 is 15.6 Å². The first-order valence-electron chi connectivity index (χ1n) is 12.9. The van der Waals surface area contributed by atoms with E-state index in [0.717, 1.165) is 17.7 Å². The lowest BCUT2D eigenvalue weighted by molar-refractivity contribution is -0.137. The Morgan fingerprint density at radius 2 is 1.90 bits per heavy atom. The van der Waals surface area contributed by atoms with E-state index in [1.54, 1.807) is 43.9 Å². The number of likely N-dealkylation sites (tertiary alicyclic amines) is 1. The van der Waals surface area contributed by atoms with Crippen LogP contribution in [0.1, 0.15) is 61.3 Å². The number of aromatic nitrogens is 2. The highest BCUT2D eigenvalue weighted by Gasteiger charge is 2.46. The maximum atomic E-state index is 14.8. The lowest BCUT2D eigenvalue weighted by atomic mass is 9.84. The average molecular weight is 584 g/mol. The Labute approximate surface area is 240 Å². The van der Waals surface area contributed by atoms with Crippen LogP contribution >= 0.6 is 11.6 Å². The smallest absolute Gasteiger partial charge is 0.307 e. The maximum absolute atomic E-state index is 14.8. The molecule has 0 radical (unpaired) electrons. The molecular weight excluding hydrogens is 556 g/mol. The monoisotopic (exact) mass is 583 g/mol. The summed E-state index contributed by atoms with van der Waals surface area (Å²) in [6, 6.07) is 10.1. The lowest BCUT2D eigenvalue weighted by Gasteiger charge is -2.38. The number of amides is 2. The number of carbonyl (C=O) groups is 2. The van der Waals surface area contributed by atoms with E-state index in [-0.39, 0.29) is 11.8 Å². The van der Waals surface area contributed by atoms with Crippen LogP contribution in [0.2, 0.25) is 5.02 Å². The Morgan fingerprint density at radius 3 is 2.54 bits per heavy atom. The Kier molecular flexibility index (Phi) is 8.44. The Hall–Kier alpha value is -4.30. The molecule has 1 aromatic heterocycles. The van der Waals surface area contributed by atoms with Gasteiger partial charge in [-0.1, -0.05) is 23.7 Å². The number of rotatable bonds is 7. The highest BCUT2D eigenvalue weighted by Crippen LogP contribution is 2.43. The summed E-state index contributed by atoms with van der Waals surface area (Å²) in [5.41, 5.74) is -0.924. The van der Waals surface area contributed by atoms with Crippen LogP contribution in [0.4, 0.5) is 8.78 Å². The van der Waals surface area contributed by atoms with E-state index in [0.29, 0.717) is 23.6 Å². The van der Waals surface area contributed by atoms with Gasteiger partial charge in [-0.3, -0.25) is 14.4 Å². The summed E-state index contributed by atoms with van der Waals surface area (Å²) in [7, 11) is 0. The molecule has 2 aromatic carbocycles. The number of nitrogens with one attached hydrogen (secondary N) is 2. The SMILES string of the molecule is Cc1cc(Oc2c(F)cc(C(=O)N[C@H](C)C(=O)N3C(C(C)(C)C#N)CC[C@H]3c3cccc(Cl)c3)cc2F)c(=O)[nH]n1. The van der Waals surface area contributed by atoms with Gasteiger partial charge < -0.3 is 15.0 Å². The number of carbonyl (C=O) groups excluding carboxylic acids is 2. The third-order valence-electron chi connectivity index (χ3n) is 7.08. The van der Waals surface area contributed by atoms with Crippen molar-refractivity contribution in [3.05, 3.63) is 86.3 Å². The van der Waals surface area contributed by atoms with E-state index in [1.165, 1.54) is 13.0 Å². The molecule has 0 saturated carbocycles. The van der Waals surface area contributed by atoms with Gasteiger partial charge in [-0.25, -0.2) is 13.9 Å². The minimum atomic E-state index is -1.22. The molecule has 1 fully saturated rings. The van der Waals surface area contributed by atoms with Crippen LogP contribution in [0, 0.1) is 35.3 Å². The van der Waals surface area contributed by atoms with Gasteiger partial charge in [0.05, 0.1) is 29.3 Å². The molecule has 1 unspecified atom stereocenters.